The third kappa shape index (κ3) is 18.0. The molecule has 0 aromatic carbocycles. The molecule has 0 saturated carbocycles. The van der Waals surface area contributed by atoms with Gasteiger partial charge in [0.25, 0.3) is 0 Å². The molecule has 0 aliphatic carbocycles. The molecule has 2 unspecified atom stereocenters. The Morgan fingerprint density at radius 1 is 0.708 bits per heavy atom. The fourth-order valence-electron chi connectivity index (χ4n) is 2.73. The van der Waals surface area contributed by atoms with Gasteiger partial charge in [0.05, 0.1) is 6.61 Å². The summed E-state index contributed by atoms with van der Waals surface area (Å²) < 4.78 is 5.08. The molecule has 2 N–H and O–H groups in total. The fraction of sp³-hybridized carbons (Fsp3) is 0.905. The molecule has 0 saturated heterocycles. The highest BCUT2D eigenvalue weighted by atomic mass is 16.6. The SMILES string of the molecule is CCCCCCCCCCCCCCC=CCCOC(O)C(C)O. The van der Waals surface area contributed by atoms with Crippen molar-refractivity contribution in [1.29, 1.82) is 0 Å². The van der Waals surface area contributed by atoms with Crippen LogP contribution < -0.4 is 0 Å². The molecule has 0 bridgehead atoms. The first-order valence-corrected chi connectivity index (χ1v) is 10.3. The van der Waals surface area contributed by atoms with E-state index in [0.717, 1.165) is 12.8 Å². The van der Waals surface area contributed by atoms with Gasteiger partial charge in [-0.05, 0) is 26.2 Å². The number of ether oxygens (including phenoxy) is 1. The lowest BCUT2D eigenvalue weighted by Gasteiger charge is -2.13. The van der Waals surface area contributed by atoms with Gasteiger partial charge < -0.3 is 14.9 Å². The van der Waals surface area contributed by atoms with Crippen LogP contribution in [0.2, 0.25) is 0 Å². The van der Waals surface area contributed by atoms with Crippen molar-refractivity contribution < 1.29 is 14.9 Å². The molecule has 0 aromatic rings. The van der Waals surface area contributed by atoms with E-state index in [4.69, 9.17) is 9.84 Å². The van der Waals surface area contributed by atoms with Gasteiger partial charge in [-0.3, -0.25) is 0 Å². The van der Waals surface area contributed by atoms with E-state index in [1.54, 1.807) is 0 Å². The summed E-state index contributed by atoms with van der Waals surface area (Å²) in [4.78, 5) is 0. The van der Waals surface area contributed by atoms with Gasteiger partial charge in [0.1, 0.15) is 6.10 Å². The first-order valence-electron chi connectivity index (χ1n) is 10.3. The Labute approximate surface area is 150 Å². The van der Waals surface area contributed by atoms with Gasteiger partial charge in [0.2, 0.25) is 0 Å². The van der Waals surface area contributed by atoms with Crippen LogP contribution >= 0.6 is 0 Å². The first-order chi connectivity index (χ1) is 11.7. The molecular formula is C21H42O3. The summed E-state index contributed by atoms with van der Waals surface area (Å²) in [6.45, 7) is 4.25. The largest absolute Gasteiger partial charge is 0.388 e. The number of aliphatic hydroxyl groups excluding tert-OH is 2. The topological polar surface area (TPSA) is 49.7 Å². The predicted molar refractivity (Wildman–Crippen MR) is 103 cm³/mol. The van der Waals surface area contributed by atoms with Gasteiger partial charge >= 0.3 is 0 Å². The van der Waals surface area contributed by atoms with Crippen molar-refractivity contribution in [3.05, 3.63) is 12.2 Å². The Morgan fingerprint density at radius 2 is 1.17 bits per heavy atom. The highest BCUT2D eigenvalue weighted by molar-refractivity contribution is 4.81. The lowest BCUT2D eigenvalue weighted by Crippen LogP contribution is -2.25. The van der Waals surface area contributed by atoms with Gasteiger partial charge in [-0.1, -0.05) is 89.7 Å². The molecule has 2 atom stereocenters. The molecule has 24 heavy (non-hydrogen) atoms. The molecule has 0 fully saturated rings. The summed E-state index contributed by atoms with van der Waals surface area (Å²) in [6.07, 6.45) is 21.0. The summed E-state index contributed by atoms with van der Waals surface area (Å²) in [7, 11) is 0. The van der Waals surface area contributed by atoms with Crippen LogP contribution in [0.15, 0.2) is 12.2 Å². The second-order valence-electron chi connectivity index (χ2n) is 6.94. The van der Waals surface area contributed by atoms with E-state index in [1.807, 2.05) is 0 Å². The molecule has 0 aromatic heterocycles. The lowest BCUT2D eigenvalue weighted by molar-refractivity contribution is -0.154. The summed E-state index contributed by atoms with van der Waals surface area (Å²) in [5, 5.41) is 18.3. The van der Waals surface area contributed by atoms with Gasteiger partial charge in [0.15, 0.2) is 6.29 Å². The number of hydrogen-bond donors (Lipinski definition) is 2. The van der Waals surface area contributed by atoms with Crippen LogP contribution in [0.3, 0.4) is 0 Å². The van der Waals surface area contributed by atoms with E-state index in [2.05, 4.69) is 19.1 Å². The Bertz CT molecular complexity index is 264. The van der Waals surface area contributed by atoms with Crippen molar-refractivity contribution >= 4 is 0 Å². The van der Waals surface area contributed by atoms with E-state index in [1.165, 1.54) is 84.0 Å². The van der Waals surface area contributed by atoms with Gasteiger partial charge in [-0.15, -0.1) is 0 Å². The maximum atomic E-state index is 9.26. The Morgan fingerprint density at radius 3 is 1.67 bits per heavy atom. The van der Waals surface area contributed by atoms with E-state index in [9.17, 15) is 5.11 Å². The summed E-state index contributed by atoms with van der Waals surface area (Å²) in [5.41, 5.74) is 0. The minimum absolute atomic E-state index is 0.459. The maximum absolute atomic E-state index is 9.26. The van der Waals surface area contributed by atoms with Crippen LogP contribution in [0.5, 0.6) is 0 Å². The zero-order valence-corrected chi connectivity index (χ0v) is 16.2. The quantitative estimate of drug-likeness (QED) is 0.190. The van der Waals surface area contributed by atoms with Crippen LogP contribution in [0.25, 0.3) is 0 Å². The number of aliphatic hydroxyl groups is 2. The van der Waals surface area contributed by atoms with Gasteiger partial charge in [0, 0.05) is 0 Å². The van der Waals surface area contributed by atoms with E-state index < -0.39 is 12.4 Å². The molecule has 144 valence electrons. The van der Waals surface area contributed by atoms with Crippen molar-refractivity contribution in [2.24, 2.45) is 0 Å². The number of hydrogen-bond acceptors (Lipinski definition) is 3. The van der Waals surface area contributed by atoms with E-state index in [-0.39, 0.29) is 0 Å². The fourth-order valence-corrected chi connectivity index (χ4v) is 2.73. The minimum Gasteiger partial charge on any atom is -0.388 e. The molecule has 0 aliphatic rings. The molecule has 0 spiro atoms. The van der Waals surface area contributed by atoms with E-state index >= 15 is 0 Å². The molecule has 0 aliphatic heterocycles. The summed E-state index contributed by atoms with van der Waals surface area (Å²) in [5.74, 6) is 0. The third-order valence-corrected chi connectivity index (χ3v) is 4.38. The van der Waals surface area contributed by atoms with Crippen molar-refractivity contribution in [2.75, 3.05) is 6.61 Å². The van der Waals surface area contributed by atoms with Crippen molar-refractivity contribution in [3.63, 3.8) is 0 Å². The number of allylic oxidation sites excluding steroid dienone is 1. The maximum Gasteiger partial charge on any atom is 0.180 e. The smallest absolute Gasteiger partial charge is 0.180 e. The molecule has 0 amide bonds. The molecule has 3 heteroatoms. The normalized spacial score (nSPS) is 14.3. The first kappa shape index (κ1) is 23.6. The standard InChI is InChI=1S/C21H42O3/c1-3-4-5-6-7-8-9-10-11-12-13-14-15-16-17-18-19-24-21(23)20(2)22/h16-17,20-23H,3-15,18-19H2,1-2H3. The van der Waals surface area contributed by atoms with Crippen LogP contribution in [-0.2, 0) is 4.74 Å². The summed E-state index contributed by atoms with van der Waals surface area (Å²) in [6, 6.07) is 0. The molecular weight excluding hydrogens is 300 g/mol. The van der Waals surface area contributed by atoms with Crippen LogP contribution in [0, 0.1) is 0 Å². The highest BCUT2D eigenvalue weighted by Crippen LogP contribution is 2.12. The minimum atomic E-state index is -1.06. The van der Waals surface area contributed by atoms with Crippen molar-refractivity contribution in [1.82, 2.24) is 0 Å². The average Bonchev–Trinajstić information content (AvgIpc) is 2.57. The third-order valence-electron chi connectivity index (χ3n) is 4.38. The molecule has 0 rings (SSSR count). The monoisotopic (exact) mass is 342 g/mol. The van der Waals surface area contributed by atoms with Crippen LogP contribution in [-0.4, -0.2) is 29.2 Å². The van der Waals surface area contributed by atoms with Crippen molar-refractivity contribution in [3.8, 4) is 0 Å². The van der Waals surface area contributed by atoms with Crippen LogP contribution in [0.1, 0.15) is 104 Å². The van der Waals surface area contributed by atoms with Gasteiger partial charge in [-0.25, -0.2) is 0 Å². The Balaban J connectivity index is 3.13. The number of unbranched alkanes of at least 4 members (excludes halogenated alkanes) is 12. The highest BCUT2D eigenvalue weighted by Gasteiger charge is 2.09. The second-order valence-corrected chi connectivity index (χ2v) is 6.94. The van der Waals surface area contributed by atoms with E-state index in [0.29, 0.717) is 6.61 Å². The molecule has 0 heterocycles. The predicted octanol–water partition coefficient (Wildman–Crippen LogP) is 5.74. The average molecular weight is 343 g/mol. The Kier molecular flexibility index (Phi) is 18.7. The lowest BCUT2D eigenvalue weighted by atomic mass is 10.0. The number of rotatable bonds is 18. The zero-order valence-electron chi connectivity index (χ0n) is 16.2. The second kappa shape index (κ2) is 19.0. The molecule has 0 radical (unpaired) electrons. The summed E-state index contributed by atoms with van der Waals surface area (Å²) >= 11 is 0. The van der Waals surface area contributed by atoms with Crippen LogP contribution in [0.4, 0.5) is 0 Å². The zero-order chi connectivity index (χ0) is 17.9. The van der Waals surface area contributed by atoms with Gasteiger partial charge in [-0.2, -0.15) is 0 Å². The molecule has 3 nitrogen and oxygen atoms in total. The Hall–Kier alpha value is -0.380. The van der Waals surface area contributed by atoms with Crippen molar-refractivity contribution in [2.45, 2.75) is 116 Å².